The molecular formula is C25H21BrN2O3S. The minimum atomic E-state index is -0.295. The van der Waals surface area contributed by atoms with Crippen LogP contribution in [-0.2, 0) is 7.05 Å². The van der Waals surface area contributed by atoms with Crippen LogP contribution in [0, 0.1) is 0 Å². The van der Waals surface area contributed by atoms with Crippen molar-refractivity contribution in [1.29, 1.82) is 0 Å². The molecule has 0 saturated carbocycles. The molecule has 0 aliphatic carbocycles. The molecule has 5 nitrogen and oxygen atoms in total. The number of benzene rings is 3. The van der Waals surface area contributed by atoms with E-state index < -0.39 is 0 Å². The van der Waals surface area contributed by atoms with Crippen LogP contribution in [0.3, 0.4) is 0 Å². The van der Waals surface area contributed by atoms with Gasteiger partial charge in [0.15, 0.2) is 4.80 Å². The van der Waals surface area contributed by atoms with Gasteiger partial charge in [-0.2, -0.15) is 4.99 Å². The Kier molecular flexibility index (Phi) is 6.58. The van der Waals surface area contributed by atoms with Crippen molar-refractivity contribution in [3.8, 4) is 33.2 Å². The van der Waals surface area contributed by atoms with Crippen molar-refractivity contribution in [3.63, 3.8) is 0 Å². The summed E-state index contributed by atoms with van der Waals surface area (Å²) in [5.74, 6) is 1.28. The first kappa shape index (κ1) is 22.0. The van der Waals surface area contributed by atoms with Crippen molar-refractivity contribution in [2.24, 2.45) is 12.0 Å². The summed E-state index contributed by atoms with van der Waals surface area (Å²) >= 11 is 4.92. The van der Waals surface area contributed by atoms with Crippen LogP contribution in [0.25, 0.3) is 21.7 Å². The second kappa shape index (κ2) is 9.54. The molecule has 0 saturated heterocycles. The standard InChI is InChI=1S/C25H21BrN2O3S/c1-28-22(16-8-12-18(30-2)13-9-16)23(17-10-14-19(31-3)15-11-17)32-25(28)27-24(29)20-6-4-5-7-21(20)26/h4-15H,1-3H3. The van der Waals surface area contributed by atoms with Gasteiger partial charge in [0.25, 0.3) is 5.91 Å². The van der Waals surface area contributed by atoms with Gasteiger partial charge in [0.1, 0.15) is 11.5 Å². The fraction of sp³-hybridized carbons (Fsp3) is 0.120. The predicted octanol–water partition coefficient (Wildman–Crippen LogP) is 5.94. The van der Waals surface area contributed by atoms with Crippen LogP contribution in [0.15, 0.2) is 82.3 Å². The van der Waals surface area contributed by atoms with Crippen LogP contribution < -0.4 is 14.3 Å². The van der Waals surface area contributed by atoms with Gasteiger partial charge in [-0.15, -0.1) is 0 Å². The number of carbonyl (C=O) groups excluding carboxylic acids is 1. The number of hydrogen-bond donors (Lipinski definition) is 0. The zero-order valence-corrected chi connectivity index (χ0v) is 20.2. The van der Waals surface area contributed by atoms with Gasteiger partial charge in [0.05, 0.1) is 30.4 Å². The third-order valence-electron chi connectivity index (χ3n) is 5.05. The minimum Gasteiger partial charge on any atom is -0.497 e. The van der Waals surface area contributed by atoms with E-state index in [-0.39, 0.29) is 5.91 Å². The van der Waals surface area contributed by atoms with Crippen molar-refractivity contribution >= 4 is 33.2 Å². The molecule has 1 amide bonds. The first-order valence-electron chi connectivity index (χ1n) is 9.84. The van der Waals surface area contributed by atoms with Gasteiger partial charge in [-0.25, -0.2) is 0 Å². The van der Waals surface area contributed by atoms with Gasteiger partial charge in [0.2, 0.25) is 0 Å². The van der Waals surface area contributed by atoms with Crippen molar-refractivity contribution in [2.75, 3.05) is 14.2 Å². The molecule has 0 unspecified atom stereocenters. The molecule has 162 valence electrons. The zero-order chi connectivity index (χ0) is 22.7. The summed E-state index contributed by atoms with van der Waals surface area (Å²) in [4.78, 5) is 19.0. The molecule has 0 aliphatic rings. The average Bonchev–Trinajstić information content (AvgIpc) is 3.15. The second-order valence-electron chi connectivity index (χ2n) is 6.98. The third kappa shape index (κ3) is 4.40. The predicted molar refractivity (Wildman–Crippen MR) is 131 cm³/mol. The summed E-state index contributed by atoms with van der Waals surface area (Å²) in [5, 5.41) is 0. The quantitative estimate of drug-likeness (QED) is 0.335. The lowest BCUT2D eigenvalue weighted by atomic mass is 10.1. The first-order chi connectivity index (χ1) is 15.5. The van der Waals surface area contributed by atoms with E-state index in [1.54, 1.807) is 20.3 Å². The van der Waals surface area contributed by atoms with Gasteiger partial charge in [-0.3, -0.25) is 4.79 Å². The number of carbonyl (C=O) groups is 1. The Morgan fingerprint density at radius 3 is 2.00 bits per heavy atom. The Balaban J connectivity index is 1.89. The van der Waals surface area contributed by atoms with Gasteiger partial charge in [-0.1, -0.05) is 23.5 Å². The smallest absolute Gasteiger partial charge is 0.280 e. The van der Waals surface area contributed by atoms with E-state index in [1.165, 1.54) is 11.3 Å². The number of hydrogen-bond acceptors (Lipinski definition) is 4. The number of methoxy groups -OCH3 is 2. The number of amides is 1. The third-order valence-corrected chi connectivity index (χ3v) is 6.92. The van der Waals surface area contributed by atoms with E-state index in [4.69, 9.17) is 9.47 Å². The van der Waals surface area contributed by atoms with E-state index in [0.29, 0.717) is 10.4 Å². The lowest BCUT2D eigenvalue weighted by Crippen LogP contribution is -2.14. The van der Waals surface area contributed by atoms with Crippen LogP contribution in [0.2, 0.25) is 0 Å². The second-order valence-corrected chi connectivity index (χ2v) is 8.81. The molecule has 32 heavy (non-hydrogen) atoms. The summed E-state index contributed by atoms with van der Waals surface area (Å²) in [6.07, 6.45) is 0. The molecule has 0 aliphatic heterocycles. The Morgan fingerprint density at radius 1 is 0.875 bits per heavy atom. The van der Waals surface area contributed by atoms with E-state index in [0.717, 1.165) is 37.7 Å². The van der Waals surface area contributed by atoms with Gasteiger partial charge in [-0.05, 0) is 87.7 Å². The maximum absolute atomic E-state index is 12.9. The number of aromatic nitrogens is 1. The lowest BCUT2D eigenvalue weighted by molar-refractivity contribution is 0.0997. The molecular weight excluding hydrogens is 488 g/mol. The fourth-order valence-electron chi connectivity index (χ4n) is 3.35. The molecule has 1 heterocycles. The van der Waals surface area contributed by atoms with E-state index >= 15 is 0 Å². The van der Waals surface area contributed by atoms with Crippen LogP contribution in [0.4, 0.5) is 0 Å². The van der Waals surface area contributed by atoms with Crippen molar-refractivity contribution in [3.05, 3.63) is 87.6 Å². The topological polar surface area (TPSA) is 52.8 Å². The molecule has 0 spiro atoms. The number of nitrogens with zero attached hydrogens (tertiary/aromatic N) is 2. The largest absolute Gasteiger partial charge is 0.497 e. The Morgan fingerprint density at radius 2 is 1.44 bits per heavy atom. The molecule has 0 fully saturated rings. The summed E-state index contributed by atoms with van der Waals surface area (Å²) in [6.45, 7) is 0. The normalized spacial score (nSPS) is 11.4. The van der Waals surface area contributed by atoms with Crippen molar-refractivity contribution in [1.82, 2.24) is 4.57 Å². The van der Waals surface area contributed by atoms with Gasteiger partial charge < -0.3 is 14.0 Å². The summed E-state index contributed by atoms with van der Waals surface area (Å²) in [7, 11) is 5.22. The number of thiazole rings is 1. The van der Waals surface area contributed by atoms with Crippen LogP contribution in [0.5, 0.6) is 11.5 Å². The summed E-state index contributed by atoms with van der Waals surface area (Å²) < 4.78 is 13.3. The summed E-state index contributed by atoms with van der Waals surface area (Å²) in [5.41, 5.74) is 3.52. The molecule has 3 aromatic carbocycles. The lowest BCUT2D eigenvalue weighted by Gasteiger charge is -2.09. The maximum atomic E-state index is 12.9. The Hall–Kier alpha value is -3.16. The van der Waals surface area contributed by atoms with Crippen LogP contribution in [-0.4, -0.2) is 24.7 Å². The highest BCUT2D eigenvalue weighted by molar-refractivity contribution is 9.10. The number of halogens is 1. The SMILES string of the molecule is COc1ccc(-c2sc(=NC(=O)c3ccccc3Br)n(C)c2-c2ccc(OC)cc2)cc1. The molecule has 1 aromatic heterocycles. The summed E-state index contributed by atoms with van der Waals surface area (Å²) in [6, 6.07) is 23.0. The highest BCUT2D eigenvalue weighted by Crippen LogP contribution is 2.35. The molecule has 7 heteroatoms. The maximum Gasteiger partial charge on any atom is 0.280 e. The van der Waals surface area contributed by atoms with Crippen molar-refractivity contribution in [2.45, 2.75) is 0 Å². The highest BCUT2D eigenvalue weighted by atomic mass is 79.9. The Labute approximate surface area is 198 Å². The molecule has 4 rings (SSSR count). The molecule has 0 bridgehead atoms. The van der Waals surface area contributed by atoms with E-state index in [1.807, 2.05) is 78.3 Å². The van der Waals surface area contributed by atoms with Gasteiger partial charge in [0, 0.05) is 11.5 Å². The minimum absolute atomic E-state index is 0.295. The Bertz CT molecular complexity index is 1320. The molecule has 4 aromatic rings. The molecule has 0 N–H and O–H groups in total. The molecule has 0 radical (unpaired) electrons. The van der Waals surface area contributed by atoms with Crippen molar-refractivity contribution < 1.29 is 14.3 Å². The average molecular weight is 509 g/mol. The van der Waals surface area contributed by atoms with E-state index in [9.17, 15) is 4.79 Å². The van der Waals surface area contributed by atoms with Crippen LogP contribution >= 0.6 is 27.3 Å². The zero-order valence-electron chi connectivity index (χ0n) is 17.8. The number of rotatable bonds is 5. The van der Waals surface area contributed by atoms with Crippen LogP contribution in [0.1, 0.15) is 10.4 Å². The van der Waals surface area contributed by atoms with Gasteiger partial charge >= 0.3 is 0 Å². The first-order valence-corrected chi connectivity index (χ1v) is 11.4. The fourth-order valence-corrected chi connectivity index (χ4v) is 4.95. The number of ether oxygens (including phenoxy) is 2. The monoisotopic (exact) mass is 508 g/mol. The highest BCUT2D eigenvalue weighted by Gasteiger charge is 2.17. The van der Waals surface area contributed by atoms with E-state index in [2.05, 4.69) is 20.9 Å². The molecule has 0 atom stereocenters.